The monoisotopic (exact) mass is 360 g/mol. The van der Waals surface area contributed by atoms with Crippen LogP contribution in [0.3, 0.4) is 0 Å². The van der Waals surface area contributed by atoms with E-state index >= 15 is 0 Å². The van der Waals surface area contributed by atoms with E-state index in [2.05, 4.69) is 27.3 Å². The largest absolute Gasteiger partial charge is 0.451 e. The van der Waals surface area contributed by atoms with Crippen LogP contribution in [0.15, 0.2) is 27.1 Å². The molecule has 1 aliphatic carbocycles. The van der Waals surface area contributed by atoms with Crippen LogP contribution in [0.1, 0.15) is 48.2 Å². The lowest BCUT2D eigenvalue weighted by atomic mass is 9.83. The topological polar surface area (TPSA) is 66.0 Å². The van der Waals surface area contributed by atoms with E-state index in [1.54, 1.807) is 0 Å². The molecule has 114 valence electrons. The first-order chi connectivity index (χ1) is 10.5. The summed E-state index contributed by atoms with van der Waals surface area (Å²) >= 11 is 3.43. The van der Waals surface area contributed by atoms with Gasteiger partial charge in [0.1, 0.15) is 11.1 Å². The Balaban J connectivity index is 1.92. The van der Waals surface area contributed by atoms with Crippen molar-refractivity contribution in [1.82, 2.24) is 5.32 Å². The lowest BCUT2D eigenvalue weighted by Gasteiger charge is -2.31. The molecule has 1 amide bonds. The Morgan fingerprint density at radius 1 is 1.36 bits per heavy atom. The molecule has 1 heterocycles. The Kier molecular flexibility index (Phi) is 3.96. The summed E-state index contributed by atoms with van der Waals surface area (Å²) in [7, 11) is 0. The smallest absolute Gasteiger partial charge is 0.288 e. The van der Waals surface area contributed by atoms with Gasteiger partial charge in [-0.15, -0.1) is 0 Å². The number of halogens is 1. The Morgan fingerprint density at radius 2 is 2.09 bits per heavy atom. The van der Waals surface area contributed by atoms with E-state index in [1.165, 1.54) is 0 Å². The van der Waals surface area contributed by atoms with Gasteiger partial charge in [0.15, 0.2) is 5.76 Å². The van der Waals surface area contributed by atoms with Crippen molar-refractivity contribution in [3.05, 3.63) is 34.0 Å². The normalized spacial score (nSPS) is 17.1. The molecule has 1 N–H and O–H groups in total. The second kappa shape index (κ2) is 5.77. The molecule has 1 saturated carbocycles. The number of amides is 1. The van der Waals surface area contributed by atoms with Gasteiger partial charge in [0.05, 0.1) is 6.07 Å². The summed E-state index contributed by atoms with van der Waals surface area (Å²) in [5, 5.41) is 13.3. The van der Waals surface area contributed by atoms with Crippen LogP contribution in [0.25, 0.3) is 11.0 Å². The summed E-state index contributed by atoms with van der Waals surface area (Å²) in [6.45, 7) is 1.87. The van der Waals surface area contributed by atoms with Gasteiger partial charge in [0.25, 0.3) is 5.91 Å². The number of carbonyl (C=O) groups excluding carboxylic acids is 1. The minimum absolute atomic E-state index is 0.298. The van der Waals surface area contributed by atoms with Crippen LogP contribution in [-0.4, -0.2) is 11.4 Å². The van der Waals surface area contributed by atoms with Crippen LogP contribution in [-0.2, 0) is 0 Å². The first-order valence-electron chi connectivity index (χ1n) is 7.47. The maximum absolute atomic E-state index is 12.6. The predicted molar refractivity (Wildman–Crippen MR) is 87.5 cm³/mol. The van der Waals surface area contributed by atoms with Gasteiger partial charge >= 0.3 is 0 Å². The maximum atomic E-state index is 12.6. The fraction of sp³-hybridized carbons (Fsp3) is 0.412. The van der Waals surface area contributed by atoms with Gasteiger partial charge in [-0.05, 0) is 38.0 Å². The number of nitrogens with one attached hydrogen (secondary N) is 1. The summed E-state index contributed by atoms with van der Waals surface area (Å²) in [5.41, 5.74) is 0.736. The average molecular weight is 361 g/mol. The zero-order valence-corrected chi connectivity index (χ0v) is 14.0. The van der Waals surface area contributed by atoms with Gasteiger partial charge in [0, 0.05) is 15.4 Å². The molecule has 1 aromatic carbocycles. The number of hydrogen-bond acceptors (Lipinski definition) is 3. The van der Waals surface area contributed by atoms with Crippen LogP contribution >= 0.6 is 15.9 Å². The molecule has 0 radical (unpaired) electrons. The van der Waals surface area contributed by atoms with Crippen molar-refractivity contribution in [2.75, 3.05) is 0 Å². The molecule has 0 unspecified atom stereocenters. The van der Waals surface area contributed by atoms with Crippen LogP contribution < -0.4 is 5.32 Å². The number of carbonyl (C=O) groups is 1. The number of nitrogens with zero attached hydrogens (tertiary/aromatic N) is 1. The van der Waals surface area contributed by atoms with Gasteiger partial charge in [0.2, 0.25) is 0 Å². The third-order valence-electron chi connectivity index (χ3n) is 4.38. The third kappa shape index (κ3) is 2.64. The highest BCUT2D eigenvalue weighted by atomic mass is 79.9. The zero-order chi connectivity index (χ0) is 15.7. The predicted octanol–water partition coefficient (Wildman–Crippen LogP) is 4.46. The quantitative estimate of drug-likeness (QED) is 0.859. The summed E-state index contributed by atoms with van der Waals surface area (Å²) in [5.74, 6) is 0.00145. The zero-order valence-electron chi connectivity index (χ0n) is 12.4. The molecule has 1 aliphatic rings. The standard InChI is InChI=1S/C17H17BrN2O2/c1-11-13-9-12(18)5-6-14(13)22-15(11)16(21)20-17(10-19)7-3-2-4-8-17/h5-6,9H,2-4,7-8H2,1H3,(H,20,21). The van der Waals surface area contributed by atoms with E-state index in [4.69, 9.17) is 4.42 Å². The second-order valence-electron chi connectivity index (χ2n) is 5.91. The Bertz CT molecular complexity index is 767. The number of rotatable bonds is 2. The molecule has 0 bridgehead atoms. The lowest BCUT2D eigenvalue weighted by molar-refractivity contribution is 0.0875. The van der Waals surface area contributed by atoms with Crippen molar-refractivity contribution < 1.29 is 9.21 Å². The van der Waals surface area contributed by atoms with E-state index in [0.717, 1.165) is 34.7 Å². The molecular formula is C17H17BrN2O2. The molecule has 1 aromatic heterocycles. The van der Waals surface area contributed by atoms with Gasteiger partial charge in [-0.1, -0.05) is 35.2 Å². The summed E-state index contributed by atoms with van der Waals surface area (Å²) in [4.78, 5) is 12.6. The highest BCUT2D eigenvalue weighted by Crippen LogP contribution is 2.31. The van der Waals surface area contributed by atoms with Crippen molar-refractivity contribution in [3.63, 3.8) is 0 Å². The fourth-order valence-electron chi connectivity index (χ4n) is 3.10. The van der Waals surface area contributed by atoms with Crippen molar-refractivity contribution >= 4 is 32.8 Å². The fourth-order valence-corrected chi connectivity index (χ4v) is 3.46. The van der Waals surface area contributed by atoms with Crippen LogP contribution in [0, 0.1) is 18.3 Å². The van der Waals surface area contributed by atoms with E-state index in [9.17, 15) is 10.1 Å². The molecular weight excluding hydrogens is 344 g/mol. The number of fused-ring (bicyclic) bond motifs is 1. The minimum atomic E-state index is -0.749. The third-order valence-corrected chi connectivity index (χ3v) is 4.87. The molecule has 0 saturated heterocycles. The van der Waals surface area contributed by atoms with Crippen LogP contribution in [0.4, 0.5) is 0 Å². The average Bonchev–Trinajstić information content (AvgIpc) is 2.85. The SMILES string of the molecule is Cc1c(C(=O)NC2(C#N)CCCCC2)oc2ccc(Br)cc12. The van der Waals surface area contributed by atoms with Crippen molar-refractivity contribution in [2.45, 2.75) is 44.6 Å². The number of nitriles is 1. The molecule has 5 heteroatoms. The minimum Gasteiger partial charge on any atom is -0.451 e. The molecule has 1 fully saturated rings. The van der Waals surface area contributed by atoms with Crippen molar-refractivity contribution in [3.8, 4) is 6.07 Å². The number of furan rings is 1. The maximum Gasteiger partial charge on any atom is 0.288 e. The Labute approximate surface area is 137 Å². The van der Waals surface area contributed by atoms with Crippen molar-refractivity contribution in [1.29, 1.82) is 5.26 Å². The van der Waals surface area contributed by atoms with E-state index in [0.29, 0.717) is 24.2 Å². The second-order valence-corrected chi connectivity index (χ2v) is 6.82. The van der Waals surface area contributed by atoms with Gasteiger partial charge < -0.3 is 9.73 Å². The van der Waals surface area contributed by atoms with Crippen LogP contribution in [0.5, 0.6) is 0 Å². The van der Waals surface area contributed by atoms with Crippen LogP contribution in [0.2, 0.25) is 0 Å². The highest BCUT2D eigenvalue weighted by molar-refractivity contribution is 9.10. The van der Waals surface area contributed by atoms with Gasteiger partial charge in [-0.3, -0.25) is 4.79 Å². The molecule has 0 atom stereocenters. The lowest BCUT2D eigenvalue weighted by Crippen LogP contribution is -2.48. The molecule has 22 heavy (non-hydrogen) atoms. The number of hydrogen-bond donors (Lipinski definition) is 1. The Morgan fingerprint density at radius 3 is 2.77 bits per heavy atom. The summed E-state index contributed by atoms with van der Waals surface area (Å²) < 4.78 is 6.65. The molecule has 0 aliphatic heterocycles. The summed E-state index contributed by atoms with van der Waals surface area (Å²) in [6.07, 6.45) is 4.48. The molecule has 2 aromatic rings. The number of benzene rings is 1. The molecule has 0 spiro atoms. The van der Waals surface area contributed by atoms with E-state index in [-0.39, 0.29) is 5.91 Å². The highest BCUT2D eigenvalue weighted by Gasteiger charge is 2.35. The van der Waals surface area contributed by atoms with Crippen molar-refractivity contribution in [2.24, 2.45) is 0 Å². The first-order valence-corrected chi connectivity index (χ1v) is 8.26. The molecule has 4 nitrogen and oxygen atoms in total. The van der Waals surface area contributed by atoms with E-state index in [1.807, 2.05) is 25.1 Å². The first kappa shape index (κ1) is 15.1. The van der Waals surface area contributed by atoms with Gasteiger partial charge in [-0.2, -0.15) is 5.26 Å². The summed E-state index contributed by atoms with van der Waals surface area (Å²) in [6, 6.07) is 7.95. The number of aryl methyl sites for hydroxylation is 1. The Hall–Kier alpha value is -1.80. The van der Waals surface area contributed by atoms with Gasteiger partial charge in [-0.25, -0.2) is 0 Å². The van der Waals surface area contributed by atoms with E-state index < -0.39 is 5.54 Å². The molecule has 3 rings (SSSR count).